The first-order chi connectivity index (χ1) is 10.1. The normalized spacial score (nSPS) is 17.0. The third kappa shape index (κ3) is 4.06. The molecule has 1 aliphatic rings. The second kappa shape index (κ2) is 7.25. The standard InChI is InChI=1S/C17H24N2O2/c1-13(14-9-5-3-6-10-14)18-16(20)17(21)19(2)15-11-7-4-8-12-15/h3,5-6,9-10,13,15H,4,7-8,11-12H2,1-2H3,(H,18,20). The molecule has 4 heteroatoms. The lowest BCUT2D eigenvalue weighted by Crippen LogP contribution is -2.46. The summed E-state index contributed by atoms with van der Waals surface area (Å²) in [5, 5.41) is 2.79. The molecule has 0 bridgehead atoms. The molecule has 4 nitrogen and oxygen atoms in total. The fraction of sp³-hybridized carbons (Fsp3) is 0.529. The molecule has 1 aromatic carbocycles. The summed E-state index contributed by atoms with van der Waals surface area (Å²) in [4.78, 5) is 25.9. The van der Waals surface area contributed by atoms with Crippen molar-refractivity contribution in [1.82, 2.24) is 10.2 Å². The van der Waals surface area contributed by atoms with Crippen LogP contribution in [0.2, 0.25) is 0 Å². The van der Waals surface area contributed by atoms with E-state index in [9.17, 15) is 9.59 Å². The van der Waals surface area contributed by atoms with Crippen LogP contribution in [0.5, 0.6) is 0 Å². The molecule has 1 fully saturated rings. The van der Waals surface area contributed by atoms with Crippen molar-refractivity contribution in [3.63, 3.8) is 0 Å². The van der Waals surface area contributed by atoms with Crippen LogP contribution in [0.4, 0.5) is 0 Å². The Kier molecular flexibility index (Phi) is 5.37. The van der Waals surface area contributed by atoms with Crippen LogP contribution in [0.15, 0.2) is 30.3 Å². The van der Waals surface area contributed by atoms with Crippen LogP contribution >= 0.6 is 0 Å². The Bertz CT molecular complexity index is 481. The maximum Gasteiger partial charge on any atom is 0.311 e. The Morgan fingerprint density at radius 2 is 1.76 bits per heavy atom. The largest absolute Gasteiger partial charge is 0.341 e. The molecule has 21 heavy (non-hydrogen) atoms. The highest BCUT2D eigenvalue weighted by Crippen LogP contribution is 2.21. The molecular weight excluding hydrogens is 264 g/mol. The van der Waals surface area contributed by atoms with E-state index in [1.165, 1.54) is 6.42 Å². The summed E-state index contributed by atoms with van der Waals surface area (Å²) in [5.41, 5.74) is 0.999. The molecule has 0 spiro atoms. The Morgan fingerprint density at radius 1 is 1.14 bits per heavy atom. The van der Waals surface area contributed by atoms with Crippen LogP contribution in [0, 0.1) is 0 Å². The van der Waals surface area contributed by atoms with Gasteiger partial charge in [-0.05, 0) is 25.3 Å². The van der Waals surface area contributed by atoms with E-state index in [2.05, 4.69) is 5.32 Å². The molecule has 0 saturated heterocycles. The molecule has 0 heterocycles. The maximum atomic E-state index is 12.2. The lowest BCUT2D eigenvalue weighted by molar-refractivity contribution is -0.147. The van der Waals surface area contributed by atoms with Gasteiger partial charge >= 0.3 is 11.8 Å². The molecule has 1 aromatic rings. The van der Waals surface area contributed by atoms with Crippen LogP contribution in [-0.4, -0.2) is 29.8 Å². The van der Waals surface area contributed by atoms with Crippen LogP contribution in [-0.2, 0) is 9.59 Å². The van der Waals surface area contributed by atoms with E-state index < -0.39 is 11.8 Å². The number of amides is 2. The SMILES string of the molecule is CC(NC(=O)C(=O)N(C)C1CCCCC1)c1ccccc1. The number of carbonyl (C=O) groups excluding carboxylic acids is 2. The zero-order valence-electron chi connectivity index (χ0n) is 12.8. The zero-order valence-corrected chi connectivity index (χ0v) is 12.8. The number of hydrogen-bond donors (Lipinski definition) is 1. The summed E-state index contributed by atoms with van der Waals surface area (Å²) in [7, 11) is 1.74. The summed E-state index contributed by atoms with van der Waals surface area (Å²) in [5.74, 6) is -0.941. The Balaban J connectivity index is 1.91. The molecule has 1 atom stereocenters. The number of likely N-dealkylation sites (N-methyl/N-ethyl adjacent to an activating group) is 1. The minimum Gasteiger partial charge on any atom is -0.341 e. The third-order valence-corrected chi connectivity index (χ3v) is 4.28. The van der Waals surface area contributed by atoms with Crippen LogP contribution in [0.3, 0.4) is 0 Å². The zero-order chi connectivity index (χ0) is 15.2. The van der Waals surface area contributed by atoms with Gasteiger partial charge in [0.15, 0.2) is 0 Å². The number of rotatable bonds is 3. The van der Waals surface area contributed by atoms with Gasteiger partial charge in [-0.15, -0.1) is 0 Å². The van der Waals surface area contributed by atoms with E-state index in [-0.39, 0.29) is 12.1 Å². The molecule has 1 unspecified atom stereocenters. The fourth-order valence-corrected chi connectivity index (χ4v) is 2.88. The first kappa shape index (κ1) is 15.5. The second-order valence-electron chi connectivity index (χ2n) is 5.81. The van der Waals surface area contributed by atoms with Crippen molar-refractivity contribution in [3.05, 3.63) is 35.9 Å². The molecule has 1 saturated carbocycles. The monoisotopic (exact) mass is 288 g/mol. The molecule has 2 rings (SSSR count). The molecule has 1 aliphatic carbocycles. The van der Waals surface area contributed by atoms with Gasteiger partial charge in [0.2, 0.25) is 0 Å². The van der Waals surface area contributed by atoms with Gasteiger partial charge in [0.05, 0.1) is 6.04 Å². The summed E-state index contributed by atoms with van der Waals surface area (Å²) in [6.07, 6.45) is 5.53. The smallest absolute Gasteiger partial charge is 0.311 e. The predicted octanol–water partition coefficient (Wildman–Crippen LogP) is 2.65. The summed E-state index contributed by atoms with van der Waals surface area (Å²) in [6, 6.07) is 9.72. The molecule has 2 amide bonds. The Hall–Kier alpha value is -1.84. The number of carbonyl (C=O) groups is 2. The van der Waals surface area contributed by atoms with Gasteiger partial charge in [0.25, 0.3) is 0 Å². The van der Waals surface area contributed by atoms with Gasteiger partial charge in [-0.2, -0.15) is 0 Å². The molecule has 0 aromatic heterocycles. The van der Waals surface area contributed by atoms with Crippen molar-refractivity contribution >= 4 is 11.8 Å². The fourth-order valence-electron chi connectivity index (χ4n) is 2.88. The van der Waals surface area contributed by atoms with Crippen molar-refractivity contribution in [2.75, 3.05) is 7.05 Å². The number of benzene rings is 1. The molecule has 0 radical (unpaired) electrons. The van der Waals surface area contributed by atoms with Crippen molar-refractivity contribution < 1.29 is 9.59 Å². The van der Waals surface area contributed by atoms with Crippen LogP contribution in [0.25, 0.3) is 0 Å². The number of hydrogen-bond acceptors (Lipinski definition) is 2. The lowest BCUT2D eigenvalue weighted by atomic mass is 9.94. The first-order valence-electron chi connectivity index (χ1n) is 7.72. The molecule has 1 N–H and O–H groups in total. The van der Waals surface area contributed by atoms with Crippen molar-refractivity contribution in [2.45, 2.75) is 51.1 Å². The highest BCUT2D eigenvalue weighted by molar-refractivity contribution is 6.35. The van der Waals surface area contributed by atoms with Gasteiger partial charge in [-0.1, -0.05) is 49.6 Å². The van der Waals surface area contributed by atoms with Crippen LogP contribution < -0.4 is 5.32 Å². The van der Waals surface area contributed by atoms with Gasteiger partial charge in [-0.3, -0.25) is 9.59 Å². The van der Waals surface area contributed by atoms with E-state index in [1.807, 2.05) is 37.3 Å². The minimum absolute atomic E-state index is 0.164. The summed E-state index contributed by atoms with van der Waals surface area (Å²) in [6.45, 7) is 1.89. The van der Waals surface area contributed by atoms with E-state index in [1.54, 1.807) is 11.9 Å². The molecular formula is C17H24N2O2. The van der Waals surface area contributed by atoms with Crippen LogP contribution in [0.1, 0.15) is 50.6 Å². The maximum absolute atomic E-state index is 12.2. The van der Waals surface area contributed by atoms with Crippen molar-refractivity contribution in [1.29, 1.82) is 0 Å². The summed E-state index contributed by atoms with van der Waals surface area (Å²) < 4.78 is 0. The number of nitrogens with zero attached hydrogens (tertiary/aromatic N) is 1. The van der Waals surface area contributed by atoms with Gasteiger partial charge in [0.1, 0.15) is 0 Å². The van der Waals surface area contributed by atoms with Crippen molar-refractivity contribution in [2.24, 2.45) is 0 Å². The van der Waals surface area contributed by atoms with E-state index in [0.29, 0.717) is 0 Å². The Labute approximate surface area is 126 Å². The highest BCUT2D eigenvalue weighted by Gasteiger charge is 2.27. The first-order valence-corrected chi connectivity index (χ1v) is 7.72. The minimum atomic E-state index is -0.514. The topological polar surface area (TPSA) is 49.4 Å². The predicted molar refractivity (Wildman–Crippen MR) is 82.6 cm³/mol. The Morgan fingerprint density at radius 3 is 2.38 bits per heavy atom. The van der Waals surface area contributed by atoms with Gasteiger partial charge in [-0.25, -0.2) is 0 Å². The quantitative estimate of drug-likeness (QED) is 0.869. The average Bonchev–Trinajstić information content (AvgIpc) is 2.55. The molecule has 0 aliphatic heterocycles. The third-order valence-electron chi connectivity index (χ3n) is 4.28. The average molecular weight is 288 g/mol. The number of nitrogens with one attached hydrogen (secondary N) is 1. The van der Waals surface area contributed by atoms with Gasteiger partial charge < -0.3 is 10.2 Å². The highest BCUT2D eigenvalue weighted by atomic mass is 16.2. The lowest BCUT2D eigenvalue weighted by Gasteiger charge is -2.31. The van der Waals surface area contributed by atoms with E-state index >= 15 is 0 Å². The van der Waals surface area contributed by atoms with E-state index in [4.69, 9.17) is 0 Å². The van der Waals surface area contributed by atoms with Gasteiger partial charge in [0, 0.05) is 13.1 Å². The van der Waals surface area contributed by atoms with Crippen molar-refractivity contribution in [3.8, 4) is 0 Å². The second-order valence-corrected chi connectivity index (χ2v) is 5.81. The summed E-state index contributed by atoms with van der Waals surface area (Å²) >= 11 is 0. The molecule has 114 valence electrons. The van der Waals surface area contributed by atoms with E-state index in [0.717, 1.165) is 31.2 Å².